The van der Waals surface area contributed by atoms with E-state index in [4.69, 9.17) is 0 Å². The van der Waals surface area contributed by atoms with E-state index in [1.54, 1.807) is 0 Å². The molecule has 29 heavy (non-hydrogen) atoms. The van der Waals surface area contributed by atoms with Crippen LogP contribution in [-0.4, -0.2) is 79.0 Å². The van der Waals surface area contributed by atoms with Gasteiger partial charge in [-0.15, -0.1) is 0 Å². The molecule has 0 aliphatic rings. The van der Waals surface area contributed by atoms with E-state index in [0.717, 1.165) is 6.92 Å². The maximum Gasteiger partial charge on any atom is 0.460 e. The Labute approximate surface area is 159 Å². The Kier molecular flexibility index (Phi) is 9.49. The SMILES string of the molecule is CCCN(CC(O)CS(=O)(=O)[O-])S(=O)(=O)C(F)(F)C(F)(F)C(F)(F)C(F)(F)F.[NH4+]. The minimum atomic E-state index is -7.47. The Morgan fingerprint density at radius 2 is 1.34 bits per heavy atom. The number of halogens is 9. The number of aliphatic hydroxyl groups excluding tert-OH is 1. The second-order valence-corrected chi connectivity index (χ2v) is 8.83. The Morgan fingerprint density at radius 3 is 1.66 bits per heavy atom. The molecular weight excluding hydrogens is 479 g/mol. The van der Waals surface area contributed by atoms with Crippen LogP contribution in [0.15, 0.2) is 0 Å². The normalized spacial score (nSPS) is 15.9. The second-order valence-electron chi connectivity index (χ2n) is 5.40. The number of alkyl halides is 9. The molecule has 0 aliphatic carbocycles. The summed E-state index contributed by atoms with van der Waals surface area (Å²) in [6.45, 7) is -1.93. The molecule has 178 valence electrons. The maximum atomic E-state index is 13.7. The molecule has 0 heterocycles. The minimum Gasteiger partial charge on any atom is -0.748 e. The summed E-state index contributed by atoms with van der Waals surface area (Å²) in [5, 5.41) is 2.23. The van der Waals surface area contributed by atoms with Crippen molar-refractivity contribution in [2.45, 2.75) is 42.7 Å². The van der Waals surface area contributed by atoms with Gasteiger partial charge in [0.25, 0.3) is 10.0 Å². The highest BCUT2D eigenvalue weighted by atomic mass is 32.2. The quantitative estimate of drug-likeness (QED) is 0.347. The number of rotatable bonds is 10. The minimum absolute atomic E-state index is 0. The van der Waals surface area contributed by atoms with Crippen molar-refractivity contribution in [1.29, 1.82) is 0 Å². The van der Waals surface area contributed by atoms with Crippen LogP contribution in [0.5, 0.6) is 0 Å². The summed E-state index contributed by atoms with van der Waals surface area (Å²) >= 11 is 0. The van der Waals surface area contributed by atoms with Crippen molar-refractivity contribution in [2.24, 2.45) is 0 Å². The van der Waals surface area contributed by atoms with Crippen LogP contribution in [0.3, 0.4) is 0 Å². The zero-order valence-electron chi connectivity index (χ0n) is 14.6. The summed E-state index contributed by atoms with van der Waals surface area (Å²) in [5.74, 6) is -16.7. The van der Waals surface area contributed by atoms with Crippen molar-refractivity contribution in [2.75, 3.05) is 18.8 Å². The van der Waals surface area contributed by atoms with Gasteiger partial charge in [-0.25, -0.2) is 16.8 Å². The summed E-state index contributed by atoms with van der Waals surface area (Å²) in [6, 6.07) is 0. The molecule has 0 amide bonds. The molecule has 0 aliphatic heterocycles. The Morgan fingerprint density at radius 1 is 0.931 bits per heavy atom. The number of quaternary nitrogens is 1. The molecule has 0 bridgehead atoms. The van der Waals surface area contributed by atoms with E-state index >= 15 is 0 Å². The van der Waals surface area contributed by atoms with Crippen LogP contribution in [0.25, 0.3) is 0 Å². The zero-order valence-corrected chi connectivity index (χ0v) is 16.2. The van der Waals surface area contributed by atoms with Gasteiger partial charge in [-0.1, -0.05) is 6.92 Å². The highest BCUT2D eigenvalue weighted by Crippen LogP contribution is 2.55. The topological polar surface area (TPSA) is 151 Å². The average Bonchev–Trinajstić information content (AvgIpc) is 2.42. The van der Waals surface area contributed by atoms with Gasteiger partial charge in [-0.2, -0.15) is 43.8 Å². The van der Waals surface area contributed by atoms with Crippen molar-refractivity contribution in [1.82, 2.24) is 10.5 Å². The molecule has 0 saturated heterocycles. The van der Waals surface area contributed by atoms with Crippen molar-refractivity contribution in [3.05, 3.63) is 0 Å². The van der Waals surface area contributed by atoms with Gasteiger partial charge in [0.15, 0.2) is 0 Å². The lowest BCUT2D eigenvalue weighted by Crippen LogP contribution is -2.65. The van der Waals surface area contributed by atoms with Crippen LogP contribution in [0, 0.1) is 0 Å². The lowest BCUT2D eigenvalue weighted by molar-refractivity contribution is -0.382. The van der Waals surface area contributed by atoms with E-state index in [1.165, 1.54) is 0 Å². The first-order chi connectivity index (χ1) is 12.1. The number of hydrogen-bond donors (Lipinski definition) is 2. The van der Waals surface area contributed by atoms with Gasteiger partial charge in [0, 0.05) is 13.1 Å². The molecular formula is C10H17F9N2O6S2. The Balaban J connectivity index is 0. The maximum absolute atomic E-state index is 13.7. The fourth-order valence-corrected chi connectivity index (χ4v) is 3.91. The van der Waals surface area contributed by atoms with Crippen LogP contribution in [0.4, 0.5) is 39.5 Å². The molecule has 19 heteroatoms. The molecule has 5 N–H and O–H groups in total. The summed E-state index contributed by atoms with van der Waals surface area (Å²) < 4.78 is 170. The Bertz CT molecular complexity index is 754. The first-order valence-corrected chi connectivity index (χ1v) is 9.89. The average molecular weight is 496 g/mol. The van der Waals surface area contributed by atoms with Crippen molar-refractivity contribution in [3.63, 3.8) is 0 Å². The summed E-state index contributed by atoms with van der Waals surface area (Å²) in [5.41, 5.74) is 0. The molecule has 0 spiro atoms. The number of hydrogen-bond acceptors (Lipinski definition) is 6. The van der Waals surface area contributed by atoms with Gasteiger partial charge in [0.2, 0.25) is 0 Å². The predicted octanol–water partition coefficient (Wildman–Crippen LogP) is 1.74. The van der Waals surface area contributed by atoms with Crippen molar-refractivity contribution < 1.29 is 66.0 Å². The predicted molar refractivity (Wildman–Crippen MR) is 78.2 cm³/mol. The lowest BCUT2D eigenvalue weighted by Gasteiger charge is -2.36. The fourth-order valence-electron chi connectivity index (χ4n) is 1.77. The van der Waals surface area contributed by atoms with Gasteiger partial charge in [0.1, 0.15) is 0 Å². The number of nitrogens with zero attached hydrogens (tertiary/aromatic N) is 1. The standard InChI is InChI=1S/C10H14F9NO6S2.H3N/c1-2-3-20(4-6(21)5-27(22,23)24)28(25,26)10(18,19)8(13,14)7(11,12)9(15,16)17;/h6,21H,2-5H2,1H3,(H,22,23,24);1H3. The molecule has 0 saturated carbocycles. The van der Waals surface area contributed by atoms with Gasteiger partial charge < -0.3 is 15.8 Å². The van der Waals surface area contributed by atoms with Crippen LogP contribution < -0.4 is 6.15 Å². The summed E-state index contributed by atoms with van der Waals surface area (Å²) in [7, 11) is -12.3. The van der Waals surface area contributed by atoms with E-state index < -0.39 is 79.1 Å². The number of sulfonamides is 1. The van der Waals surface area contributed by atoms with Gasteiger partial charge in [-0.3, -0.25) is 0 Å². The first kappa shape index (κ1) is 30.3. The molecule has 8 nitrogen and oxygen atoms in total. The van der Waals surface area contributed by atoms with Gasteiger partial charge in [0.05, 0.1) is 22.0 Å². The molecule has 0 rings (SSSR count). The zero-order chi connectivity index (χ0) is 23.0. The van der Waals surface area contributed by atoms with Crippen LogP contribution >= 0.6 is 0 Å². The summed E-state index contributed by atoms with van der Waals surface area (Å²) in [6.07, 6.45) is -10.3. The Hall–Kier alpha value is -0.890. The first-order valence-electron chi connectivity index (χ1n) is 6.87. The van der Waals surface area contributed by atoms with E-state index in [-0.39, 0.29) is 6.15 Å². The molecule has 0 aromatic carbocycles. The molecule has 0 aromatic heterocycles. The summed E-state index contributed by atoms with van der Waals surface area (Å²) in [4.78, 5) is 0. The lowest BCUT2D eigenvalue weighted by atomic mass is 10.1. The van der Waals surface area contributed by atoms with Crippen molar-refractivity contribution in [3.8, 4) is 0 Å². The smallest absolute Gasteiger partial charge is 0.460 e. The van der Waals surface area contributed by atoms with Gasteiger partial charge in [-0.05, 0) is 6.42 Å². The van der Waals surface area contributed by atoms with E-state index in [0.29, 0.717) is 0 Å². The fraction of sp³-hybridized carbons (Fsp3) is 1.00. The van der Waals surface area contributed by atoms with E-state index in [2.05, 4.69) is 0 Å². The van der Waals surface area contributed by atoms with Crippen LogP contribution in [0.2, 0.25) is 0 Å². The molecule has 0 fully saturated rings. The third-order valence-electron chi connectivity index (χ3n) is 3.06. The largest absolute Gasteiger partial charge is 0.748 e. The number of aliphatic hydroxyl groups is 1. The molecule has 1 atom stereocenters. The molecule has 0 radical (unpaired) electrons. The monoisotopic (exact) mass is 496 g/mol. The second kappa shape index (κ2) is 9.08. The third kappa shape index (κ3) is 6.06. The highest BCUT2D eigenvalue weighted by Gasteiger charge is 2.85. The molecule has 0 aromatic rings. The molecule has 1 unspecified atom stereocenters. The third-order valence-corrected chi connectivity index (χ3v) is 5.77. The van der Waals surface area contributed by atoms with E-state index in [9.17, 15) is 66.0 Å². The van der Waals surface area contributed by atoms with E-state index in [1.807, 2.05) is 0 Å². The van der Waals surface area contributed by atoms with Crippen LogP contribution in [0.1, 0.15) is 13.3 Å². The van der Waals surface area contributed by atoms with Gasteiger partial charge >= 0.3 is 23.3 Å². The van der Waals surface area contributed by atoms with Crippen molar-refractivity contribution >= 4 is 20.1 Å². The van der Waals surface area contributed by atoms with Crippen LogP contribution in [-0.2, 0) is 20.1 Å². The highest BCUT2D eigenvalue weighted by molar-refractivity contribution is 7.90.